The summed E-state index contributed by atoms with van der Waals surface area (Å²) in [6, 6.07) is 14.8. The fourth-order valence-electron chi connectivity index (χ4n) is 4.06. The summed E-state index contributed by atoms with van der Waals surface area (Å²) in [7, 11) is 0. The molecule has 1 fully saturated rings. The van der Waals surface area contributed by atoms with Gasteiger partial charge in [0, 0.05) is 30.7 Å². The van der Waals surface area contributed by atoms with Crippen molar-refractivity contribution in [2.24, 2.45) is 5.73 Å². The summed E-state index contributed by atoms with van der Waals surface area (Å²) >= 11 is 7.41. The zero-order valence-electron chi connectivity index (χ0n) is 17.3. The van der Waals surface area contributed by atoms with Gasteiger partial charge in [-0.15, -0.1) is 0 Å². The Morgan fingerprint density at radius 2 is 2.06 bits per heavy atom. The number of rotatable bonds is 6. The average molecular weight is 457 g/mol. The first-order chi connectivity index (χ1) is 15.0. The van der Waals surface area contributed by atoms with Crippen LogP contribution in [0.2, 0.25) is 5.02 Å². The zero-order valence-corrected chi connectivity index (χ0v) is 18.9. The molecule has 6 nitrogen and oxygen atoms in total. The molecule has 1 aliphatic rings. The maximum atomic E-state index is 13.6. The van der Waals surface area contributed by atoms with Gasteiger partial charge in [-0.3, -0.25) is 14.2 Å². The number of halogens is 1. The molecule has 1 aliphatic heterocycles. The smallest absolute Gasteiger partial charge is 0.262 e. The van der Waals surface area contributed by atoms with E-state index in [1.807, 2.05) is 42.2 Å². The van der Waals surface area contributed by atoms with Gasteiger partial charge in [0.2, 0.25) is 5.91 Å². The Kier molecular flexibility index (Phi) is 6.65. The van der Waals surface area contributed by atoms with E-state index < -0.39 is 5.25 Å². The first kappa shape index (κ1) is 21.9. The summed E-state index contributed by atoms with van der Waals surface area (Å²) in [5.74, 6) is 0.0113. The minimum Gasteiger partial charge on any atom is -0.337 e. The molecular weight excluding hydrogens is 432 g/mol. The van der Waals surface area contributed by atoms with Crippen LogP contribution in [-0.4, -0.2) is 39.5 Å². The zero-order chi connectivity index (χ0) is 22.0. The number of nitrogens with zero attached hydrogens (tertiary/aromatic N) is 3. The van der Waals surface area contributed by atoms with Crippen LogP contribution in [0.5, 0.6) is 0 Å². The lowest BCUT2D eigenvalue weighted by Crippen LogP contribution is -2.42. The standard InChI is InChI=1S/C23H25ClN4O2S/c1-2-27-21(29)18-13-16(24)10-11-19(18)26-23(27)31-20(15-7-4-3-5-8-15)22(30)28-12-6-9-17(28)14-25/h3-5,7-8,10-11,13,17,20H,2,6,9,12,14,25H2,1H3/t17-,20?/m1/s1. The third-order valence-electron chi connectivity index (χ3n) is 5.68. The van der Waals surface area contributed by atoms with Crippen LogP contribution in [0.3, 0.4) is 0 Å². The van der Waals surface area contributed by atoms with Crippen LogP contribution in [-0.2, 0) is 11.3 Å². The summed E-state index contributed by atoms with van der Waals surface area (Å²) in [4.78, 5) is 33.4. The molecule has 1 unspecified atom stereocenters. The predicted molar refractivity (Wildman–Crippen MR) is 126 cm³/mol. The highest BCUT2D eigenvalue weighted by Crippen LogP contribution is 2.37. The average Bonchev–Trinajstić information content (AvgIpc) is 3.27. The highest BCUT2D eigenvalue weighted by Gasteiger charge is 2.34. The Labute approximate surface area is 190 Å². The molecule has 0 aliphatic carbocycles. The van der Waals surface area contributed by atoms with Gasteiger partial charge in [0.25, 0.3) is 5.56 Å². The van der Waals surface area contributed by atoms with E-state index in [-0.39, 0.29) is 17.5 Å². The van der Waals surface area contributed by atoms with E-state index in [1.54, 1.807) is 22.8 Å². The van der Waals surface area contributed by atoms with E-state index in [9.17, 15) is 9.59 Å². The maximum absolute atomic E-state index is 13.6. The van der Waals surface area contributed by atoms with E-state index >= 15 is 0 Å². The van der Waals surface area contributed by atoms with Gasteiger partial charge in [-0.25, -0.2) is 4.98 Å². The topological polar surface area (TPSA) is 81.2 Å². The number of hydrogen-bond donors (Lipinski definition) is 1. The van der Waals surface area contributed by atoms with Crippen LogP contribution < -0.4 is 11.3 Å². The molecule has 8 heteroatoms. The molecule has 0 saturated carbocycles. The second-order valence-corrected chi connectivity index (χ2v) is 9.09. The molecule has 3 aromatic rings. The largest absolute Gasteiger partial charge is 0.337 e. The Hall–Kier alpha value is -2.35. The van der Waals surface area contributed by atoms with Gasteiger partial charge in [0.15, 0.2) is 5.16 Å². The lowest BCUT2D eigenvalue weighted by Gasteiger charge is -2.28. The second kappa shape index (κ2) is 9.42. The molecule has 0 bridgehead atoms. The van der Waals surface area contributed by atoms with Crippen molar-refractivity contribution in [2.45, 2.75) is 42.8 Å². The summed E-state index contributed by atoms with van der Waals surface area (Å²) in [6.07, 6.45) is 1.87. The second-order valence-electron chi connectivity index (χ2n) is 7.58. The van der Waals surface area contributed by atoms with Crippen molar-refractivity contribution in [1.29, 1.82) is 0 Å². The number of benzene rings is 2. The lowest BCUT2D eigenvalue weighted by atomic mass is 10.1. The SMILES string of the molecule is CCn1c(SC(C(=O)N2CCC[C@@H]2CN)c2ccccc2)nc2ccc(Cl)cc2c1=O. The molecular formula is C23H25ClN4O2S. The summed E-state index contributed by atoms with van der Waals surface area (Å²) < 4.78 is 1.61. The Balaban J connectivity index is 1.79. The van der Waals surface area contributed by atoms with Gasteiger partial charge in [-0.2, -0.15) is 0 Å². The number of carbonyl (C=O) groups is 1. The van der Waals surface area contributed by atoms with Gasteiger partial charge in [0.1, 0.15) is 5.25 Å². The first-order valence-electron chi connectivity index (χ1n) is 10.5. The van der Waals surface area contributed by atoms with E-state index in [1.165, 1.54) is 11.8 Å². The molecule has 2 atom stereocenters. The van der Waals surface area contributed by atoms with Gasteiger partial charge in [0.05, 0.1) is 10.9 Å². The van der Waals surface area contributed by atoms with Gasteiger partial charge >= 0.3 is 0 Å². The van der Waals surface area contributed by atoms with Crippen molar-refractivity contribution < 1.29 is 4.79 Å². The van der Waals surface area contributed by atoms with E-state index in [0.717, 1.165) is 18.4 Å². The van der Waals surface area contributed by atoms with Crippen molar-refractivity contribution in [3.63, 3.8) is 0 Å². The Morgan fingerprint density at radius 1 is 1.29 bits per heavy atom. The van der Waals surface area contributed by atoms with Gasteiger partial charge in [-0.1, -0.05) is 53.7 Å². The molecule has 1 amide bonds. The number of aromatic nitrogens is 2. The number of nitrogens with two attached hydrogens (primary N) is 1. The van der Waals surface area contributed by atoms with Crippen molar-refractivity contribution >= 4 is 40.2 Å². The number of thioether (sulfide) groups is 1. The fraction of sp³-hybridized carbons (Fsp3) is 0.348. The molecule has 2 heterocycles. The monoisotopic (exact) mass is 456 g/mol. The number of amides is 1. The maximum Gasteiger partial charge on any atom is 0.262 e. The molecule has 0 spiro atoms. The van der Waals surface area contributed by atoms with E-state index in [2.05, 4.69) is 0 Å². The van der Waals surface area contributed by atoms with Crippen LogP contribution >= 0.6 is 23.4 Å². The molecule has 1 saturated heterocycles. The number of hydrogen-bond acceptors (Lipinski definition) is 5. The van der Waals surface area contributed by atoms with E-state index in [0.29, 0.717) is 40.7 Å². The molecule has 0 radical (unpaired) electrons. The molecule has 162 valence electrons. The van der Waals surface area contributed by atoms with Crippen LogP contribution in [0, 0.1) is 0 Å². The Morgan fingerprint density at radius 3 is 2.77 bits per heavy atom. The van der Waals surface area contributed by atoms with E-state index in [4.69, 9.17) is 22.3 Å². The Bertz CT molecular complexity index is 1150. The quantitative estimate of drug-likeness (QED) is 0.450. The van der Waals surface area contributed by atoms with Crippen LogP contribution in [0.25, 0.3) is 10.9 Å². The minimum absolute atomic E-state index is 0.0113. The molecule has 2 N–H and O–H groups in total. The number of likely N-dealkylation sites (tertiary alicyclic amines) is 1. The highest BCUT2D eigenvalue weighted by atomic mass is 35.5. The van der Waals surface area contributed by atoms with Crippen molar-refractivity contribution in [3.8, 4) is 0 Å². The normalized spacial score (nSPS) is 17.3. The molecule has 2 aromatic carbocycles. The first-order valence-corrected chi connectivity index (χ1v) is 11.7. The van der Waals surface area contributed by atoms with Crippen molar-refractivity contribution in [3.05, 3.63) is 69.5 Å². The summed E-state index contributed by atoms with van der Waals surface area (Å²) in [5.41, 5.74) is 7.22. The fourth-order valence-corrected chi connectivity index (χ4v) is 5.46. The van der Waals surface area contributed by atoms with Crippen molar-refractivity contribution in [2.75, 3.05) is 13.1 Å². The highest BCUT2D eigenvalue weighted by molar-refractivity contribution is 8.00. The molecule has 4 rings (SSSR count). The van der Waals surface area contributed by atoms with Crippen LogP contribution in [0.4, 0.5) is 0 Å². The van der Waals surface area contributed by atoms with Gasteiger partial charge < -0.3 is 10.6 Å². The minimum atomic E-state index is -0.511. The number of carbonyl (C=O) groups excluding carboxylic acids is 1. The summed E-state index contributed by atoms with van der Waals surface area (Å²) in [6.45, 7) is 3.50. The van der Waals surface area contributed by atoms with Crippen molar-refractivity contribution in [1.82, 2.24) is 14.5 Å². The molecule has 31 heavy (non-hydrogen) atoms. The summed E-state index contributed by atoms with van der Waals surface area (Å²) in [5, 5.41) is 0.980. The van der Waals surface area contributed by atoms with Crippen LogP contribution in [0.1, 0.15) is 30.6 Å². The lowest BCUT2D eigenvalue weighted by molar-refractivity contribution is -0.131. The van der Waals surface area contributed by atoms with Crippen LogP contribution in [0.15, 0.2) is 58.5 Å². The third-order valence-corrected chi connectivity index (χ3v) is 7.15. The third kappa shape index (κ3) is 4.35. The molecule has 1 aromatic heterocycles. The van der Waals surface area contributed by atoms with Gasteiger partial charge in [-0.05, 0) is 43.5 Å². The predicted octanol–water partition coefficient (Wildman–Crippen LogP) is 3.85. The number of fused-ring (bicyclic) bond motifs is 1.